The van der Waals surface area contributed by atoms with Crippen LogP contribution >= 0.6 is 0 Å². The molecule has 0 spiro atoms. The highest BCUT2D eigenvalue weighted by atomic mass is 16.4. The van der Waals surface area contributed by atoms with Crippen LogP contribution in [0.4, 0.5) is 17.1 Å². The average molecular weight is 508 g/mol. The summed E-state index contributed by atoms with van der Waals surface area (Å²) in [4.78, 5) is 25.6. The van der Waals surface area contributed by atoms with Gasteiger partial charge >= 0.3 is 5.97 Å². The molecule has 0 aromatic heterocycles. The first-order chi connectivity index (χ1) is 18.3. The Morgan fingerprint density at radius 2 is 1.53 bits per heavy atom. The van der Waals surface area contributed by atoms with E-state index < -0.39 is 17.6 Å². The molecule has 3 aromatic carbocycles. The molecule has 0 bridgehead atoms. The zero-order chi connectivity index (χ0) is 27.1. The summed E-state index contributed by atoms with van der Waals surface area (Å²) in [5.41, 5.74) is 2.93. The lowest BCUT2D eigenvalue weighted by Crippen LogP contribution is -2.28. The van der Waals surface area contributed by atoms with Gasteiger partial charge in [0.05, 0.1) is 5.57 Å². The molecule has 0 fully saturated rings. The number of carbonyl (C=O) groups excluding carboxylic acids is 1. The summed E-state index contributed by atoms with van der Waals surface area (Å²) < 4.78 is 0. The summed E-state index contributed by atoms with van der Waals surface area (Å²) in [5, 5.41) is 36.1. The van der Waals surface area contributed by atoms with Gasteiger partial charge < -0.3 is 26.5 Å². The molecule has 1 aliphatic rings. The highest BCUT2D eigenvalue weighted by molar-refractivity contribution is 6.46. The molecular weight excluding hydrogens is 478 g/mol. The number of amides is 1. The molecule has 0 saturated carbocycles. The number of hydrogen-bond donors (Lipinski definition) is 6. The third-order valence-corrected chi connectivity index (χ3v) is 6.05. The molecule has 1 heterocycles. The van der Waals surface area contributed by atoms with E-state index in [-0.39, 0.29) is 22.6 Å². The van der Waals surface area contributed by atoms with Crippen LogP contribution < -0.4 is 16.0 Å². The van der Waals surface area contributed by atoms with Crippen molar-refractivity contribution in [2.75, 3.05) is 22.5 Å². The van der Waals surface area contributed by atoms with E-state index in [2.05, 4.69) is 16.0 Å². The maximum Gasteiger partial charge on any atom is 0.354 e. The van der Waals surface area contributed by atoms with Gasteiger partial charge in [-0.25, -0.2) is 4.79 Å². The lowest BCUT2D eigenvalue weighted by molar-refractivity contribution is -0.129. The Morgan fingerprint density at radius 3 is 2.13 bits per heavy atom. The molecule has 6 N–H and O–H groups in total. The number of aryl methyl sites for hydroxylation is 1. The predicted octanol–water partition coefficient (Wildman–Crippen LogP) is 5.58. The molecule has 0 aliphatic carbocycles. The van der Waals surface area contributed by atoms with Crippen LogP contribution in [0.5, 0.6) is 0 Å². The number of fused-ring (bicyclic) bond motifs is 1. The van der Waals surface area contributed by atoms with Gasteiger partial charge in [0.25, 0.3) is 5.91 Å². The summed E-state index contributed by atoms with van der Waals surface area (Å²) in [6.07, 6.45) is 3.62. The fourth-order valence-electron chi connectivity index (χ4n) is 4.29. The maximum atomic E-state index is 13.5. The average Bonchev–Trinajstić information content (AvgIpc) is 2.91. The minimum atomic E-state index is -1.51. The van der Waals surface area contributed by atoms with Gasteiger partial charge in [0.2, 0.25) is 0 Å². The number of anilines is 3. The summed E-state index contributed by atoms with van der Waals surface area (Å²) in [6, 6.07) is 23.7. The van der Waals surface area contributed by atoms with E-state index in [1.54, 1.807) is 48.5 Å². The number of benzene rings is 3. The first-order valence-corrected chi connectivity index (χ1v) is 12.2. The van der Waals surface area contributed by atoms with Crippen LogP contribution in [0.25, 0.3) is 6.08 Å². The van der Waals surface area contributed by atoms with Crippen molar-refractivity contribution in [2.45, 2.75) is 19.8 Å². The van der Waals surface area contributed by atoms with Gasteiger partial charge in [-0.15, -0.1) is 0 Å². The first-order valence-electron chi connectivity index (χ1n) is 12.2. The molecule has 192 valence electrons. The minimum Gasteiger partial charge on any atom is -0.477 e. The van der Waals surface area contributed by atoms with Gasteiger partial charge in [-0.2, -0.15) is 0 Å². The van der Waals surface area contributed by atoms with E-state index in [4.69, 9.17) is 10.8 Å². The molecule has 1 aliphatic heterocycles. The van der Waals surface area contributed by atoms with Crippen LogP contribution in [0.2, 0.25) is 0 Å². The van der Waals surface area contributed by atoms with Crippen molar-refractivity contribution in [3.8, 4) is 0 Å². The maximum absolute atomic E-state index is 13.5. The number of allylic oxidation sites excluding steroid dienone is 1. The second-order valence-corrected chi connectivity index (χ2v) is 8.87. The molecule has 1 amide bonds. The van der Waals surface area contributed by atoms with Gasteiger partial charge in [-0.3, -0.25) is 10.2 Å². The number of carboxylic acids is 1. The number of carbonyl (C=O) groups is 2. The number of hydrogen-bond acceptors (Lipinski definition) is 6. The van der Waals surface area contributed by atoms with Crippen LogP contribution in [0.1, 0.15) is 24.5 Å². The largest absolute Gasteiger partial charge is 0.477 e. The highest BCUT2D eigenvalue weighted by Crippen LogP contribution is 2.28. The molecule has 8 heteroatoms. The van der Waals surface area contributed by atoms with Crippen molar-refractivity contribution in [1.82, 2.24) is 0 Å². The Labute approximate surface area is 221 Å². The Kier molecular flexibility index (Phi) is 8.13. The zero-order valence-electron chi connectivity index (χ0n) is 21.0. The molecule has 38 heavy (non-hydrogen) atoms. The standard InChI is InChI=1S/C30H29N5O3/c1-19(31)26(29(36)35-23-12-6-3-7-13-23)27(28(32)30(37)38)25(34-22-10-4-2-5-11-22)18-20-14-15-24-21(17-20)9-8-16-33-24/h2-7,10-15,17-18,31-34H,8-9,16H2,1H3,(H,35,36)(H,37,38)/b25-18-,27-26+,31-19?,32-28?. The number of rotatable bonds is 9. The lowest BCUT2D eigenvalue weighted by atomic mass is 9.93. The fourth-order valence-corrected chi connectivity index (χ4v) is 4.29. The van der Waals surface area contributed by atoms with Crippen molar-refractivity contribution in [1.29, 1.82) is 10.8 Å². The monoisotopic (exact) mass is 507 g/mol. The molecule has 3 aromatic rings. The lowest BCUT2D eigenvalue weighted by Gasteiger charge is -2.20. The molecule has 8 nitrogen and oxygen atoms in total. The summed E-state index contributed by atoms with van der Waals surface area (Å²) >= 11 is 0. The number of nitrogens with one attached hydrogen (secondary N) is 5. The van der Waals surface area contributed by atoms with Gasteiger partial charge in [0.15, 0.2) is 0 Å². The van der Waals surface area contributed by atoms with E-state index in [0.29, 0.717) is 11.4 Å². The van der Waals surface area contributed by atoms with Gasteiger partial charge in [0, 0.05) is 40.6 Å². The normalized spacial score (nSPS) is 13.3. The van der Waals surface area contributed by atoms with Gasteiger partial charge in [-0.05, 0) is 73.4 Å². The molecule has 4 rings (SSSR count). The first kappa shape index (κ1) is 26.1. The smallest absolute Gasteiger partial charge is 0.354 e. The Balaban J connectivity index is 1.91. The molecular formula is C30H29N5O3. The Morgan fingerprint density at radius 1 is 0.895 bits per heavy atom. The molecule has 0 atom stereocenters. The van der Waals surface area contributed by atoms with Crippen molar-refractivity contribution in [3.05, 3.63) is 107 Å². The van der Waals surface area contributed by atoms with Crippen molar-refractivity contribution in [3.63, 3.8) is 0 Å². The van der Waals surface area contributed by atoms with Gasteiger partial charge in [0.1, 0.15) is 5.71 Å². The van der Waals surface area contributed by atoms with E-state index in [9.17, 15) is 14.7 Å². The number of para-hydroxylation sites is 2. The third kappa shape index (κ3) is 6.22. The minimum absolute atomic E-state index is 0.171. The van der Waals surface area contributed by atoms with Crippen LogP contribution in [0.3, 0.4) is 0 Å². The Bertz CT molecular complexity index is 1440. The van der Waals surface area contributed by atoms with Crippen LogP contribution in [0, 0.1) is 10.8 Å². The van der Waals surface area contributed by atoms with Crippen molar-refractivity contribution < 1.29 is 14.7 Å². The summed E-state index contributed by atoms with van der Waals surface area (Å²) in [5.74, 6) is -2.19. The SMILES string of the molecule is CC(=N)/C(C(=O)Nc1ccccc1)=C(C(=N)C(=O)O)/C(=C/c1ccc2c(c1)CCCN2)Nc1ccccc1. The quantitative estimate of drug-likeness (QED) is 0.128. The van der Waals surface area contributed by atoms with Gasteiger partial charge in [-0.1, -0.05) is 42.5 Å². The topological polar surface area (TPSA) is 138 Å². The van der Waals surface area contributed by atoms with Crippen molar-refractivity contribution in [2.24, 2.45) is 0 Å². The van der Waals surface area contributed by atoms with Crippen LogP contribution in [-0.4, -0.2) is 35.0 Å². The highest BCUT2D eigenvalue weighted by Gasteiger charge is 2.28. The van der Waals surface area contributed by atoms with Crippen LogP contribution in [0.15, 0.2) is 95.7 Å². The van der Waals surface area contributed by atoms with Crippen molar-refractivity contribution >= 4 is 46.4 Å². The summed E-state index contributed by atoms with van der Waals surface area (Å²) in [6.45, 7) is 2.31. The summed E-state index contributed by atoms with van der Waals surface area (Å²) in [7, 11) is 0. The zero-order valence-corrected chi connectivity index (χ0v) is 21.0. The molecule has 0 radical (unpaired) electrons. The molecule has 0 saturated heterocycles. The fraction of sp³-hybridized carbons (Fsp3) is 0.133. The number of carboxylic acid groups (broad SMARTS) is 1. The second-order valence-electron chi connectivity index (χ2n) is 8.87. The van der Waals surface area contributed by atoms with E-state index in [1.807, 2.05) is 36.4 Å². The molecule has 0 unspecified atom stereocenters. The van der Waals surface area contributed by atoms with E-state index in [0.717, 1.165) is 36.2 Å². The Hall–Kier alpha value is -4.98. The predicted molar refractivity (Wildman–Crippen MR) is 152 cm³/mol. The van der Waals surface area contributed by atoms with Crippen LogP contribution in [-0.2, 0) is 16.0 Å². The second kappa shape index (κ2) is 11.8. The van der Waals surface area contributed by atoms with E-state index >= 15 is 0 Å². The third-order valence-electron chi connectivity index (χ3n) is 6.05. The number of aliphatic carboxylic acids is 1. The van der Waals surface area contributed by atoms with E-state index in [1.165, 1.54) is 6.92 Å².